The van der Waals surface area contributed by atoms with Gasteiger partial charge in [-0.05, 0) is 49.6 Å². The number of nitrogens with one attached hydrogen (secondary N) is 1. The van der Waals surface area contributed by atoms with Crippen molar-refractivity contribution < 1.29 is 22.5 Å². The first-order valence-corrected chi connectivity index (χ1v) is 11.9. The molecule has 0 bridgehead atoms. The van der Waals surface area contributed by atoms with E-state index in [0.29, 0.717) is 28.8 Å². The first kappa shape index (κ1) is 20.5. The third-order valence-corrected chi connectivity index (χ3v) is 7.17. The molecule has 10 heteroatoms. The third-order valence-electron chi connectivity index (χ3n) is 5.81. The lowest BCUT2D eigenvalue weighted by Crippen LogP contribution is -2.38. The Hall–Kier alpha value is -3.40. The van der Waals surface area contributed by atoms with E-state index in [-0.39, 0.29) is 29.9 Å². The molecule has 1 N–H and O–H groups in total. The minimum absolute atomic E-state index is 0.0195. The molecule has 1 aliphatic carbocycles. The molecule has 0 atom stereocenters. The zero-order chi connectivity index (χ0) is 22.3. The molecule has 166 valence electrons. The zero-order valence-corrected chi connectivity index (χ0v) is 18.3. The van der Waals surface area contributed by atoms with Crippen LogP contribution in [-0.4, -0.2) is 31.1 Å². The maximum absolute atomic E-state index is 13.0. The molecule has 1 fully saturated rings. The van der Waals surface area contributed by atoms with Crippen LogP contribution in [0.4, 0.5) is 11.4 Å². The lowest BCUT2D eigenvalue weighted by molar-refractivity contribution is -0.121. The maximum Gasteiger partial charge on any atom is 0.265 e. The maximum atomic E-state index is 13.0. The van der Waals surface area contributed by atoms with Crippen molar-refractivity contribution in [3.63, 3.8) is 0 Å². The fraction of sp³-hybridized carbons (Fsp3) is 0.318. The second kappa shape index (κ2) is 7.94. The van der Waals surface area contributed by atoms with Crippen LogP contribution in [0.15, 0.2) is 51.9 Å². The van der Waals surface area contributed by atoms with Crippen molar-refractivity contribution >= 4 is 27.3 Å². The van der Waals surface area contributed by atoms with E-state index in [4.69, 9.17) is 9.26 Å². The summed E-state index contributed by atoms with van der Waals surface area (Å²) in [5.74, 6) is 1.36. The Morgan fingerprint density at radius 2 is 2.00 bits per heavy atom. The van der Waals surface area contributed by atoms with Crippen LogP contribution in [0, 0.1) is 6.92 Å². The highest BCUT2D eigenvalue weighted by atomic mass is 32.2. The van der Waals surface area contributed by atoms with Gasteiger partial charge in [-0.2, -0.15) is 4.98 Å². The van der Waals surface area contributed by atoms with Gasteiger partial charge in [-0.15, -0.1) is 0 Å². The molecule has 1 saturated carbocycles. The number of carbonyl (C=O) groups is 1. The van der Waals surface area contributed by atoms with Gasteiger partial charge < -0.3 is 9.26 Å². The van der Waals surface area contributed by atoms with Gasteiger partial charge in [-0.25, -0.2) is 8.42 Å². The van der Waals surface area contributed by atoms with E-state index < -0.39 is 10.0 Å². The Morgan fingerprint density at radius 3 is 2.75 bits per heavy atom. The SMILES string of the molecule is Cc1ccccc1NS(=O)(=O)c1ccc2c(c1)N(Cc1noc(C3CCC3)n1)C(=O)CO2. The standard InChI is InChI=1S/C22H22N4O5S/c1-14-5-2-3-8-17(14)25-32(28,29)16-9-10-19-18(11-16)26(21(27)13-30-19)12-20-23-22(31-24-20)15-6-4-7-15/h2-3,5,8-11,15,25H,4,6-7,12-13H2,1H3. The topological polar surface area (TPSA) is 115 Å². The van der Waals surface area contributed by atoms with Crippen LogP contribution in [0.25, 0.3) is 0 Å². The van der Waals surface area contributed by atoms with Gasteiger partial charge in [0.15, 0.2) is 12.4 Å². The molecule has 0 saturated heterocycles. The lowest BCUT2D eigenvalue weighted by Gasteiger charge is -2.28. The molecule has 5 rings (SSSR count). The van der Waals surface area contributed by atoms with Crippen LogP contribution in [0.3, 0.4) is 0 Å². The highest BCUT2D eigenvalue weighted by molar-refractivity contribution is 7.92. The van der Waals surface area contributed by atoms with E-state index in [1.165, 1.54) is 17.0 Å². The number of rotatable bonds is 6. The number of fused-ring (bicyclic) bond motifs is 1. The molecule has 1 aliphatic heterocycles. The number of para-hydroxylation sites is 1. The lowest BCUT2D eigenvalue weighted by atomic mass is 9.85. The molecule has 3 aromatic rings. The molecule has 2 aromatic carbocycles. The fourth-order valence-electron chi connectivity index (χ4n) is 3.71. The Labute approximate surface area is 185 Å². The van der Waals surface area contributed by atoms with Crippen molar-refractivity contribution in [3.8, 4) is 5.75 Å². The van der Waals surface area contributed by atoms with Crippen LogP contribution in [0.1, 0.15) is 42.5 Å². The number of sulfonamides is 1. The summed E-state index contributed by atoms with van der Waals surface area (Å²) in [6.07, 6.45) is 3.19. The number of aryl methyl sites for hydroxylation is 1. The van der Waals surface area contributed by atoms with Gasteiger partial charge in [0.25, 0.3) is 15.9 Å². The molecule has 32 heavy (non-hydrogen) atoms. The Kier molecular flexibility index (Phi) is 5.09. The monoisotopic (exact) mass is 454 g/mol. The second-order valence-electron chi connectivity index (χ2n) is 8.00. The van der Waals surface area contributed by atoms with Gasteiger partial charge >= 0.3 is 0 Å². The number of nitrogens with zero attached hydrogens (tertiary/aromatic N) is 3. The summed E-state index contributed by atoms with van der Waals surface area (Å²) in [5, 5.41) is 4.01. The third kappa shape index (κ3) is 3.81. The zero-order valence-electron chi connectivity index (χ0n) is 17.4. The van der Waals surface area contributed by atoms with E-state index in [1.54, 1.807) is 18.2 Å². The second-order valence-corrected chi connectivity index (χ2v) is 9.68. The highest BCUT2D eigenvalue weighted by Crippen LogP contribution is 2.37. The van der Waals surface area contributed by atoms with E-state index in [9.17, 15) is 13.2 Å². The number of aromatic nitrogens is 2. The molecule has 1 aromatic heterocycles. The van der Waals surface area contributed by atoms with Gasteiger partial charge in [-0.3, -0.25) is 14.4 Å². The Balaban J connectivity index is 1.44. The van der Waals surface area contributed by atoms with E-state index in [0.717, 1.165) is 24.8 Å². The number of hydrogen-bond donors (Lipinski definition) is 1. The van der Waals surface area contributed by atoms with Crippen LogP contribution in [0.5, 0.6) is 5.75 Å². The first-order chi connectivity index (χ1) is 15.4. The summed E-state index contributed by atoms with van der Waals surface area (Å²) in [5.41, 5.74) is 1.64. The van der Waals surface area contributed by atoms with Gasteiger partial charge in [0.1, 0.15) is 5.75 Å². The first-order valence-electron chi connectivity index (χ1n) is 10.4. The van der Waals surface area contributed by atoms with Gasteiger partial charge in [-0.1, -0.05) is 29.8 Å². The van der Waals surface area contributed by atoms with Gasteiger partial charge in [0.05, 0.1) is 22.8 Å². The number of ether oxygens (including phenoxy) is 1. The minimum Gasteiger partial charge on any atom is -0.482 e. The minimum atomic E-state index is -3.88. The summed E-state index contributed by atoms with van der Waals surface area (Å²) in [4.78, 5) is 18.5. The Morgan fingerprint density at radius 1 is 1.19 bits per heavy atom. The molecular weight excluding hydrogens is 432 g/mol. The summed E-state index contributed by atoms with van der Waals surface area (Å²) in [6, 6.07) is 11.5. The van der Waals surface area contributed by atoms with Crippen LogP contribution in [-0.2, 0) is 21.4 Å². The predicted molar refractivity (Wildman–Crippen MR) is 116 cm³/mol. The van der Waals surface area contributed by atoms with Crippen LogP contribution < -0.4 is 14.4 Å². The van der Waals surface area contributed by atoms with Gasteiger partial charge in [0, 0.05) is 5.92 Å². The van der Waals surface area contributed by atoms with Crippen LogP contribution in [0.2, 0.25) is 0 Å². The van der Waals surface area contributed by atoms with Crippen molar-refractivity contribution in [3.05, 3.63) is 59.7 Å². The average molecular weight is 455 g/mol. The number of anilines is 2. The predicted octanol–water partition coefficient (Wildman–Crippen LogP) is 3.37. The summed E-state index contributed by atoms with van der Waals surface area (Å²) < 4.78 is 39.5. The fourth-order valence-corrected chi connectivity index (χ4v) is 4.86. The summed E-state index contributed by atoms with van der Waals surface area (Å²) >= 11 is 0. The van der Waals surface area contributed by atoms with E-state index in [2.05, 4.69) is 14.9 Å². The van der Waals surface area contributed by atoms with Gasteiger partial charge in [0.2, 0.25) is 5.89 Å². The molecule has 0 unspecified atom stereocenters. The molecule has 0 spiro atoms. The molecule has 9 nitrogen and oxygen atoms in total. The van der Waals surface area contributed by atoms with Crippen molar-refractivity contribution in [1.82, 2.24) is 10.1 Å². The number of benzene rings is 2. The quantitative estimate of drug-likeness (QED) is 0.607. The largest absolute Gasteiger partial charge is 0.482 e. The summed E-state index contributed by atoms with van der Waals surface area (Å²) in [7, 11) is -3.88. The van der Waals surface area contributed by atoms with Crippen molar-refractivity contribution in [2.75, 3.05) is 16.2 Å². The van der Waals surface area contributed by atoms with E-state index in [1.807, 2.05) is 19.1 Å². The molecule has 0 radical (unpaired) electrons. The van der Waals surface area contributed by atoms with Crippen molar-refractivity contribution in [2.45, 2.75) is 43.5 Å². The average Bonchev–Trinajstić information content (AvgIpc) is 3.18. The molecule has 2 aliphatic rings. The molecular formula is C22H22N4O5S. The normalized spacial score (nSPS) is 16.3. The van der Waals surface area contributed by atoms with Crippen LogP contribution >= 0.6 is 0 Å². The Bertz CT molecular complexity index is 1280. The number of amides is 1. The van der Waals surface area contributed by atoms with Crippen molar-refractivity contribution in [2.24, 2.45) is 0 Å². The van der Waals surface area contributed by atoms with Crippen molar-refractivity contribution in [1.29, 1.82) is 0 Å². The summed E-state index contributed by atoms with van der Waals surface area (Å²) in [6.45, 7) is 1.75. The highest BCUT2D eigenvalue weighted by Gasteiger charge is 2.31. The number of hydrogen-bond acceptors (Lipinski definition) is 7. The number of carbonyl (C=O) groups excluding carboxylic acids is 1. The van der Waals surface area contributed by atoms with E-state index >= 15 is 0 Å². The smallest absolute Gasteiger partial charge is 0.265 e. The molecule has 1 amide bonds. The molecule has 2 heterocycles.